The third-order valence-corrected chi connectivity index (χ3v) is 5.54. The van der Waals surface area contributed by atoms with Gasteiger partial charge < -0.3 is 16.8 Å². The lowest BCUT2D eigenvalue weighted by Crippen LogP contribution is -2.16. The second-order valence-corrected chi connectivity index (χ2v) is 7.49. The Bertz CT molecular complexity index is 1140. The molecule has 5 N–H and O–H groups in total. The number of pyridine rings is 1. The highest BCUT2D eigenvalue weighted by Gasteiger charge is 2.16. The molecule has 146 valence electrons. The summed E-state index contributed by atoms with van der Waals surface area (Å²) < 4.78 is 1.95. The van der Waals surface area contributed by atoms with Crippen LogP contribution in [0.15, 0.2) is 60.8 Å². The van der Waals surface area contributed by atoms with Gasteiger partial charge >= 0.3 is 0 Å². The predicted molar refractivity (Wildman–Crippen MR) is 115 cm³/mol. The largest absolute Gasteiger partial charge is 0.330 e. The molecule has 0 saturated carbocycles. The van der Waals surface area contributed by atoms with E-state index in [1.165, 1.54) is 5.56 Å². The van der Waals surface area contributed by atoms with Crippen molar-refractivity contribution in [3.05, 3.63) is 77.6 Å². The minimum absolute atomic E-state index is 0.106. The highest BCUT2D eigenvalue weighted by Crippen LogP contribution is 2.29. The monoisotopic (exact) mass is 384 g/mol. The number of para-hydroxylation sites is 1. The molecule has 6 nitrogen and oxygen atoms in total. The lowest BCUT2D eigenvalue weighted by Gasteiger charge is -2.16. The van der Waals surface area contributed by atoms with Crippen LogP contribution < -0.4 is 16.8 Å². The van der Waals surface area contributed by atoms with Gasteiger partial charge in [-0.05, 0) is 42.8 Å². The fourth-order valence-electron chi connectivity index (χ4n) is 3.97. The van der Waals surface area contributed by atoms with Gasteiger partial charge in [-0.2, -0.15) is 5.10 Å². The molecule has 29 heavy (non-hydrogen) atoms. The van der Waals surface area contributed by atoms with Gasteiger partial charge in [-0.3, -0.25) is 0 Å². The van der Waals surface area contributed by atoms with Crippen LogP contribution in [0.1, 0.15) is 29.3 Å². The maximum absolute atomic E-state index is 6.43. The maximum atomic E-state index is 6.43. The lowest BCUT2D eigenvalue weighted by molar-refractivity contribution is 0.665. The topological polar surface area (TPSA) is 94.8 Å². The summed E-state index contributed by atoms with van der Waals surface area (Å²) in [6, 6.07) is 18.5. The summed E-state index contributed by atoms with van der Waals surface area (Å²) in [5.74, 6) is 0. The Balaban J connectivity index is 1.53. The zero-order chi connectivity index (χ0) is 19.8. The van der Waals surface area contributed by atoms with Crippen LogP contribution in [-0.2, 0) is 13.1 Å². The van der Waals surface area contributed by atoms with Crippen LogP contribution in [0.3, 0.4) is 0 Å². The van der Waals surface area contributed by atoms with Crippen LogP contribution in [0.5, 0.6) is 0 Å². The van der Waals surface area contributed by atoms with E-state index in [2.05, 4.69) is 53.0 Å². The van der Waals surface area contributed by atoms with Crippen molar-refractivity contribution in [1.82, 2.24) is 20.1 Å². The summed E-state index contributed by atoms with van der Waals surface area (Å²) in [7, 11) is 0. The molecule has 0 amide bonds. The van der Waals surface area contributed by atoms with E-state index in [-0.39, 0.29) is 6.04 Å². The summed E-state index contributed by atoms with van der Waals surface area (Å²) in [6.45, 7) is 2.29. The molecule has 0 bridgehead atoms. The summed E-state index contributed by atoms with van der Waals surface area (Å²) in [4.78, 5) is 4.87. The molecule has 3 heterocycles. The van der Waals surface area contributed by atoms with Crippen molar-refractivity contribution in [2.24, 2.45) is 11.5 Å². The van der Waals surface area contributed by atoms with E-state index in [1.54, 1.807) is 0 Å². The molecule has 6 heteroatoms. The molecule has 1 unspecified atom stereocenters. The second kappa shape index (κ2) is 7.40. The summed E-state index contributed by atoms with van der Waals surface area (Å²) in [6.07, 6.45) is 2.84. The second-order valence-electron chi connectivity index (χ2n) is 7.49. The Morgan fingerprint density at radius 1 is 1.07 bits per heavy atom. The quantitative estimate of drug-likeness (QED) is 0.492. The van der Waals surface area contributed by atoms with Crippen LogP contribution in [0.4, 0.5) is 0 Å². The number of benzene rings is 2. The summed E-state index contributed by atoms with van der Waals surface area (Å²) in [5, 5.41) is 9.08. The predicted octanol–water partition coefficient (Wildman–Crippen LogP) is 3.04. The average Bonchev–Trinajstić information content (AvgIpc) is 3.36. The van der Waals surface area contributed by atoms with Crippen LogP contribution in [0.25, 0.3) is 27.8 Å². The van der Waals surface area contributed by atoms with E-state index in [0.29, 0.717) is 6.54 Å². The number of hydrogen-bond acceptors (Lipinski definition) is 5. The molecule has 0 spiro atoms. The van der Waals surface area contributed by atoms with Gasteiger partial charge in [0.05, 0.1) is 22.6 Å². The molecular formula is C23H24N6. The molecule has 1 aliphatic rings. The number of rotatable bonds is 5. The van der Waals surface area contributed by atoms with Gasteiger partial charge in [-0.1, -0.05) is 30.3 Å². The lowest BCUT2D eigenvalue weighted by atomic mass is 9.97. The number of fused-ring (bicyclic) bond motifs is 2. The van der Waals surface area contributed by atoms with Crippen molar-refractivity contribution >= 4 is 10.9 Å². The standard InChI is InChI=1S/C23H24N6/c24-10-9-20(25)19-11-22(27-21-4-2-1-3-18(19)21)15-5-7-17(8-6-15)29-14-16-12-26-13-23(16)28-29/h1-8,11,14,20,26H,9-10,12-13,24-25H2. The van der Waals surface area contributed by atoms with Gasteiger partial charge in [-0.15, -0.1) is 0 Å². The molecule has 0 aliphatic carbocycles. The van der Waals surface area contributed by atoms with Crippen molar-refractivity contribution < 1.29 is 0 Å². The molecule has 1 atom stereocenters. The van der Waals surface area contributed by atoms with E-state index in [1.807, 2.05) is 22.9 Å². The van der Waals surface area contributed by atoms with Gasteiger partial charge in [-0.25, -0.2) is 9.67 Å². The molecule has 0 radical (unpaired) electrons. The number of nitrogens with one attached hydrogen (secondary N) is 1. The summed E-state index contributed by atoms with van der Waals surface area (Å²) >= 11 is 0. The molecule has 2 aromatic heterocycles. The fourth-order valence-corrected chi connectivity index (χ4v) is 3.97. The van der Waals surface area contributed by atoms with Gasteiger partial charge in [0.1, 0.15) is 0 Å². The SMILES string of the molecule is NCCC(N)c1cc(-c2ccc(-n3cc4c(n3)CNC4)cc2)nc2ccccc12. The Morgan fingerprint density at radius 2 is 1.90 bits per heavy atom. The minimum Gasteiger partial charge on any atom is -0.330 e. The first-order valence-electron chi connectivity index (χ1n) is 9.97. The van der Waals surface area contributed by atoms with Gasteiger partial charge in [0.15, 0.2) is 0 Å². The third-order valence-electron chi connectivity index (χ3n) is 5.54. The smallest absolute Gasteiger partial charge is 0.0811 e. The van der Waals surface area contributed by atoms with E-state index < -0.39 is 0 Å². The Hall–Kier alpha value is -3.06. The zero-order valence-corrected chi connectivity index (χ0v) is 16.2. The van der Waals surface area contributed by atoms with Crippen LogP contribution in [-0.4, -0.2) is 21.3 Å². The van der Waals surface area contributed by atoms with Gasteiger partial charge in [0.25, 0.3) is 0 Å². The van der Waals surface area contributed by atoms with Crippen molar-refractivity contribution in [3.63, 3.8) is 0 Å². The Kier molecular flexibility index (Phi) is 4.60. The third kappa shape index (κ3) is 3.31. The first-order chi connectivity index (χ1) is 14.2. The van der Waals surface area contributed by atoms with Crippen LogP contribution >= 0.6 is 0 Å². The number of aromatic nitrogens is 3. The van der Waals surface area contributed by atoms with Crippen molar-refractivity contribution in [2.45, 2.75) is 25.6 Å². The van der Waals surface area contributed by atoms with Gasteiger partial charge in [0.2, 0.25) is 0 Å². The number of nitrogens with two attached hydrogens (primary N) is 2. The van der Waals surface area contributed by atoms with E-state index in [4.69, 9.17) is 16.5 Å². The zero-order valence-electron chi connectivity index (χ0n) is 16.2. The van der Waals surface area contributed by atoms with Gasteiger partial charge in [0, 0.05) is 41.8 Å². The van der Waals surface area contributed by atoms with E-state index in [0.717, 1.165) is 58.6 Å². The summed E-state index contributed by atoms with van der Waals surface area (Å²) in [5.41, 5.74) is 19.6. The van der Waals surface area contributed by atoms with Crippen molar-refractivity contribution in [1.29, 1.82) is 0 Å². The van der Waals surface area contributed by atoms with E-state index in [9.17, 15) is 0 Å². The highest BCUT2D eigenvalue weighted by atomic mass is 15.3. The fraction of sp³-hybridized carbons (Fsp3) is 0.217. The molecule has 2 aromatic carbocycles. The molecule has 4 aromatic rings. The first kappa shape index (κ1) is 18.0. The average molecular weight is 384 g/mol. The first-order valence-corrected chi connectivity index (χ1v) is 9.97. The van der Waals surface area contributed by atoms with Crippen LogP contribution in [0, 0.1) is 0 Å². The molecule has 1 aliphatic heterocycles. The Labute approximate surface area is 169 Å². The van der Waals surface area contributed by atoms with Crippen molar-refractivity contribution in [2.75, 3.05) is 6.54 Å². The minimum atomic E-state index is -0.106. The van der Waals surface area contributed by atoms with Crippen molar-refractivity contribution in [3.8, 4) is 16.9 Å². The van der Waals surface area contributed by atoms with E-state index >= 15 is 0 Å². The normalized spacial score (nSPS) is 14.3. The molecule has 5 rings (SSSR count). The maximum Gasteiger partial charge on any atom is 0.0811 e. The van der Waals surface area contributed by atoms with Crippen LogP contribution in [0.2, 0.25) is 0 Å². The molecular weight excluding hydrogens is 360 g/mol. The number of nitrogens with zero attached hydrogens (tertiary/aromatic N) is 3. The Morgan fingerprint density at radius 3 is 2.69 bits per heavy atom. The number of hydrogen-bond donors (Lipinski definition) is 3. The highest BCUT2D eigenvalue weighted by molar-refractivity contribution is 5.85. The molecule has 0 saturated heterocycles. The molecule has 0 fully saturated rings.